The number of methoxy groups -OCH3 is 1. The van der Waals surface area contributed by atoms with Gasteiger partial charge in [-0.1, -0.05) is 31.1 Å². The van der Waals surface area contributed by atoms with E-state index < -0.39 is 0 Å². The van der Waals surface area contributed by atoms with Crippen molar-refractivity contribution >= 4 is 29.9 Å². The molecule has 1 aromatic carbocycles. The molecule has 0 saturated heterocycles. The second-order valence-corrected chi connectivity index (χ2v) is 6.34. The standard InChI is InChI=1S/C20H30N4O2.HI/c1-6-16(7-2)19-12-18(26-23-19)13-22-20(21-3)24(4)14-15-8-10-17(25-5)11-9-15;/h8-12,16H,6-7,13-14H2,1-5H3,(H,21,22);1H. The molecule has 0 aliphatic carbocycles. The maximum atomic E-state index is 5.47. The van der Waals surface area contributed by atoms with Crippen molar-refractivity contribution in [1.29, 1.82) is 0 Å². The number of aromatic nitrogens is 1. The first kappa shape index (κ1) is 23.3. The number of rotatable bonds is 8. The van der Waals surface area contributed by atoms with E-state index in [1.807, 2.05) is 25.2 Å². The van der Waals surface area contributed by atoms with Crippen molar-refractivity contribution < 1.29 is 9.26 Å². The largest absolute Gasteiger partial charge is 0.497 e. The van der Waals surface area contributed by atoms with Crippen LogP contribution >= 0.6 is 24.0 Å². The number of nitrogens with one attached hydrogen (secondary N) is 1. The van der Waals surface area contributed by atoms with E-state index in [0.29, 0.717) is 12.5 Å². The summed E-state index contributed by atoms with van der Waals surface area (Å²) in [6.07, 6.45) is 2.14. The molecule has 27 heavy (non-hydrogen) atoms. The van der Waals surface area contributed by atoms with Crippen LogP contribution in [0.5, 0.6) is 5.75 Å². The van der Waals surface area contributed by atoms with Gasteiger partial charge in [0.2, 0.25) is 0 Å². The number of ether oxygens (including phenoxy) is 1. The van der Waals surface area contributed by atoms with Gasteiger partial charge in [-0.05, 0) is 30.5 Å². The number of halogens is 1. The minimum atomic E-state index is 0. The van der Waals surface area contributed by atoms with Crippen LogP contribution in [0.1, 0.15) is 49.6 Å². The Morgan fingerprint density at radius 3 is 2.48 bits per heavy atom. The first-order valence-corrected chi connectivity index (χ1v) is 9.11. The molecular formula is C20H31IN4O2. The Labute approximate surface area is 179 Å². The monoisotopic (exact) mass is 486 g/mol. The molecule has 0 atom stereocenters. The third kappa shape index (κ3) is 6.71. The topological polar surface area (TPSA) is 62.9 Å². The van der Waals surface area contributed by atoms with E-state index >= 15 is 0 Å². The Balaban J connectivity index is 0.00000364. The normalized spacial score (nSPS) is 11.3. The molecule has 7 heteroatoms. The number of nitrogens with zero attached hydrogens (tertiary/aromatic N) is 3. The smallest absolute Gasteiger partial charge is 0.194 e. The Bertz CT molecular complexity index is 696. The molecule has 0 aliphatic heterocycles. The van der Waals surface area contributed by atoms with Crippen LogP contribution < -0.4 is 10.1 Å². The number of hydrogen-bond acceptors (Lipinski definition) is 4. The predicted octanol–water partition coefficient (Wildman–Crippen LogP) is 4.41. The SMILES string of the molecule is CCC(CC)c1cc(CNC(=NC)N(C)Cc2ccc(OC)cc2)on1.I. The highest BCUT2D eigenvalue weighted by atomic mass is 127. The lowest BCUT2D eigenvalue weighted by atomic mass is 9.99. The van der Waals surface area contributed by atoms with Gasteiger partial charge in [0.15, 0.2) is 11.7 Å². The van der Waals surface area contributed by atoms with Crippen molar-refractivity contribution in [2.24, 2.45) is 4.99 Å². The maximum absolute atomic E-state index is 5.47. The zero-order chi connectivity index (χ0) is 18.9. The summed E-state index contributed by atoms with van der Waals surface area (Å²) < 4.78 is 10.7. The molecule has 1 aromatic heterocycles. The molecule has 0 aliphatic rings. The Hall–Kier alpha value is -1.77. The van der Waals surface area contributed by atoms with Crippen molar-refractivity contribution in [1.82, 2.24) is 15.4 Å². The fraction of sp³-hybridized carbons (Fsp3) is 0.500. The second-order valence-electron chi connectivity index (χ2n) is 6.34. The highest BCUT2D eigenvalue weighted by Gasteiger charge is 2.14. The van der Waals surface area contributed by atoms with E-state index in [2.05, 4.69) is 46.3 Å². The summed E-state index contributed by atoms with van der Waals surface area (Å²) in [5.41, 5.74) is 2.22. The molecule has 0 amide bonds. The van der Waals surface area contributed by atoms with Crippen LogP contribution in [0.15, 0.2) is 39.8 Å². The summed E-state index contributed by atoms with van der Waals surface area (Å²) in [7, 11) is 5.46. The lowest BCUT2D eigenvalue weighted by Gasteiger charge is -2.21. The van der Waals surface area contributed by atoms with Crippen LogP contribution in [0.25, 0.3) is 0 Å². The minimum absolute atomic E-state index is 0. The van der Waals surface area contributed by atoms with Gasteiger partial charge < -0.3 is 19.5 Å². The van der Waals surface area contributed by atoms with Gasteiger partial charge in [-0.3, -0.25) is 4.99 Å². The van der Waals surface area contributed by atoms with Crippen molar-refractivity contribution in [3.63, 3.8) is 0 Å². The van der Waals surface area contributed by atoms with Crippen molar-refractivity contribution in [2.45, 2.75) is 45.7 Å². The predicted molar refractivity (Wildman–Crippen MR) is 120 cm³/mol. The summed E-state index contributed by atoms with van der Waals surface area (Å²) in [5.74, 6) is 2.95. The van der Waals surface area contributed by atoms with E-state index in [4.69, 9.17) is 9.26 Å². The first-order valence-electron chi connectivity index (χ1n) is 9.11. The molecule has 0 spiro atoms. The van der Waals surface area contributed by atoms with E-state index in [-0.39, 0.29) is 24.0 Å². The summed E-state index contributed by atoms with van der Waals surface area (Å²) >= 11 is 0. The average Bonchev–Trinajstić information content (AvgIpc) is 3.12. The molecule has 2 rings (SSSR count). The third-order valence-corrected chi connectivity index (χ3v) is 4.55. The zero-order valence-corrected chi connectivity index (χ0v) is 19.2. The zero-order valence-electron chi connectivity index (χ0n) is 16.9. The lowest BCUT2D eigenvalue weighted by Crippen LogP contribution is -2.37. The summed E-state index contributed by atoms with van der Waals surface area (Å²) in [6.45, 7) is 5.67. The first-order chi connectivity index (χ1) is 12.6. The van der Waals surface area contributed by atoms with E-state index in [0.717, 1.165) is 42.5 Å². The van der Waals surface area contributed by atoms with E-state index in [9.17, 15) is 0 Å². The molecule has 0 bridgehead atoms. The van der Waals surface area contributed by atoms with Crippen LogP contribution in [0.2, 0.25) is 0 Å². The van der Waals surface area contributed by atoms with Gasteiger partial charge in [-0.25, -0.2) is 0 Å². The van der Waals surface area contributed by atoms with Gasteiger partial charge in [0, 0.05) is 32.6 Å². The highest BCUT2D eigenvalue weighted by molar-refractivity contribution is 14.0. The van der Waals surface area contributed by atoms with Crippen LogP contribution in [-0.4, -0.2) is 37.2 Å². The van der Waals surface area contributed by atoms with Crippen LogP contribution in [0.3, 0.4) is 0 Å². The number of hydrogen-bond donors (Lipinski definition) is 1. The molecule has 0 saturated carbocycles. The summed E-state index contributed by atoms with van der Waals surface area (Å²) in [4.78, 5) is 6.42. The Morgan fingerprint density at radius 2 is 1.93 bits per heavy atom. The molecule has 0 unspecified atom stereocenters. The van der Waals surface area contributed by atoms with Gasteiger partial charge in [-0.15, -0.1) is 24.0 Å². The number of guanidine groups is 1. The van der Waals surface area contributed by atoms with Crippen LogP contribution in [0.4, 0.5) is 0 Å². The van der Waals surface area contributed by atoms with Crippen LogP contribution in [-0.2, 0) is 13.1 Å². The quantitative estimate of drug-likeness (QED) is 0.340. The van der Waals surface area contributed by atoms with E-state index in [1.165, 1.54) is 5.56 Å². The van der Waals surface area contributed by atoms with Gasteiger partial charge in [0.25, 0.3) is 0 Å². The second kappa shape index (κ2) is 11.8. The number of benzene rings is 1. The molecule has 150 valence electrons. The van der Waals surface area contributed by atoms with Gasteiger partial charge in [0.05, 0.1) is 19.3 Å². The van der Waals surface area contributed by atoms with E-state index in [1.54, 1.807) is 14.2 Å². The molecular weight excluding hydrogens is 455 g/mol. The fourth-order valence-corrected chi connectivity index (χ4v) is 2.94. The number of aliphatic imine (C=N–C) groups is 1. The van der Waals surface area contributed by atoms with Gasteiger partial charge >= 0.3 is 0 Å². The Kier molecular flexibility index (Phi) is 10.2. The molecule has 6 nitrogen and oxygen atoms in total. The van der Waals surface area contributed by atoms with Crippen molar-refractivity contribution in [2.75, 3.05) is 21.2 Å². The molecule has 2 aromatic rings. The van der Waals surface area contributed by atoms with Crippen LogP contribution in [0, 0.1) is 0 Å². The molecule has 1 heterocycles. The third-order valence-electron chi connectivity index (χ3n) is 4.55. The van der Waals surface area contributed by atoms with Crippen molar-refractivity contribution in [3.8, 4) is 5.75 Å². The maximum Gasteiger partial charge on any atom is 0.194 e. The lowest BCUT2D eigenvalue weighted by molar-refractivity contribution is 0.365. The highest BCUT2D eigenvalue weighted by Crippen LogP contribution is 2.22. The minimum Gasteiger partial charge on any atom is -0.497 e. The molecule has 0 radical (unpaired) electrons. The summed E-state index contributed by atoms with van der Waals surface area (Å²) in [6, 6.07) is 10.1. The average molecular weight is 486 g/mol. The van der Waals surface area contributed by atoms with Gasteiger partial charge in [-0.2, -0.15) is 0 Å². The fourth-order valence-electron chi connectivity index (χ4n) is 2.94. The van der Waals surface area contributed by atoms with Gasteiger partial charge in [0.1, 0.15) is 5.75 Å². The molecule has 0 fully saturated rings. The molecule has 1 N–H and O–H groups in total. The van der Waals surface area contributed by atoms with Crippen molar-refractivity contribution in [3.05, 3.63) is 47.3 Å². The Morgan fingerprint density at radius 1 is 1.26 bits per heavy atom. The summed E-state index contributed by atoms with van der Waals surface area (Å²) in [5, 5.41) is 7.54.